The highest BCUT2D eigenvalue weighted by atomic mass is 35.5. The lowest BCUT2D eigenvalue weighted by molar-refractivity contribution is 0.0599. The predicted molar refractivity (Wildman–Crippen MR) is 85.9 cm³/mol. The number of methoxy groups -OCH3 is 1. The Bertz CT molecular complexity index is 728. The van der Waals surface area contributed by atoms with Crippen molar-refractivity contribution in [1.82, 2.24) is 9.97 Å². The van der Waals surface area contributed by atoms with Crippen molar-refractivity contribution in [2.45, 2.75) is 18.9 Å². The molecule has 0 aliphatic carbocycles. The lowest BCUT2D eigenvalue weighted by atomic mass is 10.1. The van der Waals surface area contributed by atoms with Gasteiger partial charge in [0.2, 0.25) is 0 Å². The van der Waals surface area contributed by atoms with Gasteiger partial charge in [-0.05, 0) is 31.5 Å². The van der Waals surface area contributed by atoms with Crippen molar-refractivity contribution in [2.75, 3.05) is 12.9 Å². The van der Waals surface area contributed by atoms with Crippen molar-refractivity contribution in [2.24, 2.45) is 0 Å². The maximum Gasteiger partial charge on any atom is 0.339 e. The van der Waals surface area contributed by atoms with E-state index in [2.05, 4.69) is 9.97 Å². The molecule has 1 N–H and O–H groups in total. The monoisotopic (exact) mass is 338 g/mol. The first-order valence-corrected chi connectivity index (χ1v) is 7.86. The molecule has 2 aromatic heterocycles. The molecule has 2 aromatic rings. The van der Waals surface area contributed by atoms with E-state index in [1.165, 1.54) is 18.9 Å². The average molecular weight is 339 g/mol. The van der Waals surface area contributed by atoms with Gasteiger partial charge < -0.3 is 9.72 Å². The van der Waals surface area contributed by atoms with Crippen LogP contribution in [0.3, 0.4) is 0 Å². The summed E-state index contributed by atoms with van der Waals surface area (Å²) in [4.78, 5) is 31.2. The number of esters is 1. The third-order valence-corrected chi connectivity index (χ3v) is 4.59. The van der Waals surface area contributed by atoms with Crippen LogP contribution in [0, 0.1) is 13.8 Å². The summed E-state index contributed by atoms with van der Waals surface area (Å²) < 4.78 is 4.73. The Balaban J connectivity index is 2.17. The van der Waals surface area contributed by atoms with E-state index in [0.717, 1.165) is 0 Å². The second-order valence-electron chi connectivity index (χ2n) is 4.62. The third kappa shape index (κ3) is 3.34. The predicted octanol–water partition coefficient (Wildman–Crippen LogP) is 3.44. The number of H-pyrrole nitrogens is 1. The molecule has 7 heteroatoms. The van der Waals surface area contributed by atoms with Gasteiger partial charge >= 0.3 is 5.97 Å². The summed E-state index contributed by atoms with van der Waals surface area (Å²) in [5.41, 5.74) is 2.04. The Labute approximate surface area is 137 Å². The number of aromatic nitrogens is 2. The second kappa shape index (κ2) is 6.98. The van der Waals surface area contributed by atoms with Crippen LogP contribution in [0.5, 0.6) is 0 Å². The van der Waals surface area contributed by atoms with E-state index < -0.39 is 5.97 Å². The molecule has 0 amide bonds. The van der Waals surface area contributed by atoms with Crippen LogP contribution in [0.25, 0.3) is 0 Å². The smallest absolute Gasteiger partial charge is 0.339 e. The fourth-order valence-electron chi connectivity index (χ4n) is 2.12. The molecule has 0 aliphatic heterocycles. The molecule has 2 heterocycles. The molecule has 0 atom stereocenters. The number of ketones is 1. The third-order valence-electron chi connectivity index (χ3n) is 3.17. The number of ether oxygens (including phenoxy) is 1. The number of rotatable bonds is 5. The first-order chi connectivity index (χ1) is 10.5. The van der Waals surface area contributed by atoms with Gasteiger partial charge in [0, 0.05) is 11.9 Å². The van der Waals surface area contributed by atoms with Gasteiger partial charge in [-0.3, -0.25) is 4.79 Å². The van der Waals surface area contributed by atoms with Gasteiger partial charge in [0.15, 0.2) is 5.78 Å². The van der Waals surface area contributed by atoms with Crippen LogP contribution in [0.15, 0.2) is 23.4 Å². The second-order valence-corrected chi connectivity index (χ2v) is 5.99. The molecule has 0 fully saturated rings. The Morgan fingerprint density at radius 1 is 1.41 bits per heavy atom. The number of halogens is 1. The molecule has 0 spiro atoms. The number of hydrogen-bond donors (Lipinski definition) is 1. The molecule has 5 nitrogen and oxygen atoms in total. The van der Waals surface area contributed by atoms with E-state index in [1.54, 1.807) is 32.2 Å². The van der Waals surface area contributed by atoms with Crippen LogP contribution in [0.1, 0.15) is 32.1 Å². The molecule has 0 aromatic carbocycles. The largest absolute Gasteiger partial charge is 0.465 e. The fourth-order valence-corrected chi connectivity index (χ4v) is 3.16. The van der Waals surface area contributed by atoms with Gasteiger partial charge in [0.25, 0.3) is 0 Å². The van der Waals surface area contributed by atoms with Crippen LogP contribution in [0.4, 0.5) is 0 Å². The Kier molecular flexibility index (Phi) is 5.26. The average Bonchev–Trinajstić information content (AvgIpc) is 2.80. The van der Waals surface area contributed by atoms with Gasteiger partial charge in [0.1, 0.15) is 5.03 Å². The zero-order valence-electron chi connectivity index (χ0n) is 12.4. The van der Waals surface area contributed by atoms with Crippen LogP contribution < -0.4 is 0 Å². The lowest BCUT2D eigenvalue weighted by Gasteiger charge is -2.03. The number of nitrogens with zero attached hydrogens (tertiary/aromatic N) is 1. The SMILES string of the molecule is COC(=O)c1c(C)[nH]c(C(=O)CSc2ncccc2Cl)c1C. The normalized spacial score (nSPS) is 10.5. The Hall–Kier alpha value is -1.79. The van der Waals surface area contributed by atoms with Crippen molar-refractivity contribution < 1.29 is 14.3 Å². The number of carbonyl (C=O) groups excluding carboxylic acids is 2. The van der Waals surface area contributed by atoms with E-state index in [0.29, 0.717) is 32.6 Å². The number of Topliss-reactive ketones (excluding diaryl/α,β-unsaturated/α-hetero) is 1. The van der Waals surface area contributed by atoms with Gasteiger partial charge in [-0.1, -0.05) is 23.4 Å². The zero-order valence-corrected chi connectivity index (χ0v) is 14.0. The summed E-state index contributed by atoms with van der Waals surface area (Å²) in [6.07, 6.45) is 1.62. The highest BCUT2D eigenvalue weighted by Gasteiger charge is 2.22. The molecule has 0 saturated carbocycles. The number of thioether (sulfide) groups is 1. The van der Waals surface area contributed by atoms with Gasteiger partial charge in [-0.15, -0.1) is 0 Å². The zero-order chi connectivity index (χ0) is 16.3. The van der Waals surface area contributed by atoms with Crippen LogP contribution in [-0.2, 0) is 4.74 Å². The van der Waals surface area contributed by atoms with Crippen LogP contribution in [-0.4, -0.2) is 34.6 Å². The summed E-state index contributed by atoms with van der Waals surface area (Å²) in [7, 11) is 1.31. The molecule has 0 unspecified atom stereocenters. The van der Waals surface area contributed by atoms with Gasteiger partial charge in [0.05, 0.1) is 29.1 Å². The van der Waals surface area contributed by atoms with Gasteiger partial charge in [-0.25, -0.2) is 9.78 Å². The maximum absolute atomic E-state index is 12.4. The van der Waals surface area contributed by atoms with Crippen molar-refractivity contribution >= 4 is 35.1 Å². The number of nitrogens with one attached hydrogen (secondary N) is 1. The number of aromatic amines is 1. The number of carbonyl (C=O) groups is 2. The molecule has 0 saturated heterocycles. The summed E-state index contributed by atoms with van der Waals surface area (Å²) in [6, 6.07) is 3.45. The van der Waals surface area contributed by atoms with Crippen molar-refractivity contribution in [3.05, 3.63) is 45.9 Å². The summed E-state index contributed by atoms with van der Waals surface area (Å²) in [5.74, 6) is -0.397. The molecule has 0 aliphatic rings. The van der Waals surface area contributed by atoms with E-state index in [9.17, 15) is 9.59 Å². The quantitative estimate of drug-likeness (QED) is 0.513. The maximum atomic E-state index is 12.4. The van der Waals surface area contributed by atoms with Crippen molar-refractivity contribution in [1.29, 1.82) is 0 Å². The van der Waals surface area contributed by atoms with Crippen LogP contribution >= 0.6 is 23.4 Å². The first-order valence-electron chi connectivity index (χ1n) is 6.49. The van der Waals surface area contributed by atoms with Gasteiger partial charge in [-0.2, -0.15) is 0 Å². The topological polar surface area (TPSA) is 72.1 Å². The summed E-state index contributed by atoms with van der Waals surface area (Å²) in [5, 5.41) is 1.11. The van der Waals surface area contributed by atoms with E-state index in [-0.39, 0.29) is 11.5 Å². The van der Waals surface area contributed by atoms with Crippen molar-refractivity contribution in [3.63, 3.8) is 0 Å². The van der Waals surface area contributed by atoms with E-state index in [1.807, 2.05) is 0 Å². The minimum atomic E-state index is -0.453. The fraction of sp³-hybridized carbons (Fsp3) is 0.267. The molecular weight excluding hydrogens is 324 g/mol. The minimum Gasteiger partial charge on any atom is -0.465 e. The molecule has 2 rings (SSSR count). The molecule has 0 radical (unpaired) electrons. The van der Waals surface area contributed by atoms with Crippen LogP contribution in [0.2, 0.25) is 5.02 Å². The summed E-state index contributed by atoms with van der Waals surface area (Å²) >= 11 is 7.27. The lowest BCUT2D eigenvalue weighted by Crippen LogP contribution is -2.07. The highest BCUT2D eigenvalue weighted by Crippen LogP contribution is 2.26. The number of aryl methyl sites for hydroxylation is 1. The van der Waals surface area contributed by atoms with Crippen molar-refractivity contribution in [3.8, 4) is 0 Å². The number of hydrogen-bond acceptors (Lipinski definition) is 5. The molecule has 0 bridgehead atoms. The first kappa shape index (κ1) is 16.6. The molecule has 116 valence electrons. The Morgan fingerprint density at radius 3 is 2.77 bits per heavy atom. The standard InChI is InChI=1S/C15H15ClN2O3S/c1-8-12(15(20)21-3)9(2)18-13(8)11(19)7-22-14-10(16)5-4-6-17-14/h4-6,18H,7H2,1-3H3. The Morgan fingerprint density at radius 2 is 2.14 bits per heavy atom. The van der Waals surface area contributed by atoms with E-state index in [4.69, 9.17) is 16.3 Å². The molecule has 22 heavy (non-hydrogen) atoms. The molecular formula is C15H15ClN2O3S. The highest BCUT2D eigenvalue weighted by molar-refractivity contribution is 8.00. The number of pyridine rings is 1. The van der Waals surface area contributed by atoms with E-state index >= 15 is 0 Å². The summed E-state index contributed by atoms with van der Waals surface area (Å²) in [6.45, 7) is 3.46. The minimum absolute atomic E-state index is 0.123.